The van der Waals surface area contributed by atoms with Gasteiger partial charge in [-0.3, -0.25) is 14.1 Å². The molecule has 8 nitrogen and oxygen atoms in total. The van der Waals surface area contributed by atoms with Crippen molar-refractivity contribution in [2.24, 2.45) is 0 Å². The average Bonchev–Trinajstić information content (AvgIpc) is 2.72. The summed E-state index contributed by atoms with van der Waals surface area (Å²) in [4.78, 5) is 28.1. The van der Waals surface area contributed by atoms with Gasteiger partial charge >= 0.3 is 0 Å². The smallest absolute Gasteiger partial charge is 0.296 e. The molecule has 0 radical (unpaired) electrons. The number of fused-ring (bicyclic) bond motifs is 2. The van der Waals surface area contributed by atoms with Crippen LogP contribution in [0, 0.1) is 0 Å². The molecule has 164 valence electrons. The van der Waals surface area contributed by atoms with Crippen LogP contribution >= 0.6 is 0 Å². The van der Waals surface area contributed by atoms with Crippen molar-refractivity contribution < 1.29 is 22.6 Å². The third kappa shape index (κ3) is 3.73. The SMILES string of the molecule is CN(C)C1CCC(Nc2cc(S(=O)(=O)O)c(N)c3c2C(=O)c2ccccc2C3=O)CC1. The minimum absolute atomic E-state index is 0.00163. The highest BCUT2D eigenvalue weighted by Crippen LogP contribution is 2.40. The van der Waals surface area contributed by atoms with Crippen LogP contribution in [-0.2, 0) is 10.1 Å². The molecular formula is C22H25N3O5S. The maximum Gasteiger partial charge on any atom is 0.296 e. The molecule has 31 heavy (non-hydrogen) atoms. The molecule has 2 aromatic rings. The van der Waals surface area contributed by atoms with Gasteiger partial charge in [-0.2, -0.15) is 8.42 Å². The summed E-state index contributed by atoms with van der Waals surface area (Å²) in [7, 11) is -0.631. The molecule has 1 fully saturated rings. The Morgan fingerprint density at radius 2 is 1.55 bits per heavy atom. The predicted octanol–water partition coefficient (Wildman–Crippen LogP) is 2.58. The van der Waals surface area contributed by atoms with Crippen molar-refractivity contribution in [1.82, 2.24) is 4.90 Å². The van der Waals surface area contributed by atoms with Crippen LogP contribution in [0.3, 0.4) is 0 Å². The van der Waals surface area contributed by atoms with Crippen LogP contribution in [0.5, 0.6) is 0 Å². The zero-order valence-electron chi connectivity index (χ0n) is 17.4. The Balaban J connectivity index is 1.82. The van der Waals surface area contributed by atoms with Gasteiger partial charge in [-0.05, 0) is 45.8 Å². The summed E-state index contributed by atoms with van der Waals surface area (Å²) < 4.78 is 33.7. The topological polar surface area (TPSA) is 130 Å². The van der Waals surface area contributed by atoms with E-state index in [0.29, 0.717) is 6.04 Å². The largest absolute Gasteiger partial charge is 0.397 e. The Hall–Kier alpha value is -2.75. The minimum atomic E-state index is -4.70. The van der Waals surface area contributed by atoms with Gasteiger partial charge in [0, 0.05) is 28.9 Å². The van der Waals surface area contributed by atoms with Gasteiger partial charge in [-0.1, -0.05) is 24.3 Å². The highest BCUT2D eigenvalue weighted by molar-refractivity contribution is 7.86. The summed E-state index contributed by atoms with van der Waals surface area (Å²) in [6.07, 6.45) is 3.54. The van der Waals surface area contributed by atoms with E-state index in [4.69, 9.17) is 5.73 Å². The molecule has 2 aliphatic carbocycles. The van der Waals surface area contributed by atoms with E-state index in [-0.39, 0.29) is 34.0 Å². The Morgan fingerprint density at radius 1 is 1.00 bits per heavy atom. The molecule has 0 amide bonds. The van der Waals surface area contributed by atoms with Gasteiger partial charge in [-0.15, -0.1) is 0 Å². The first-order valence-electron chi connectivity index (χ1n) is 10.1. The predicted molar refractivity (Wildman–Crippen MR) is 117 cm³/mol. The number of rotatable bonds is 4. The minimum Gasteiger partial charge on any atom is -0.397 e. The van der Waals surface area contributed by atoms with E-state index < -0.39 is 32.3 Å². The molecule has 2 aromatic carbocycles. The van der Waals surface area contributed by atoms with Gasteiger partial charge in [-0.25, -0.2) is 0 Å². The fourth-order valence-electron chi connectivity index (χ4n) is 4.58. The van der Waals surface area contributed by atoms with Gasteiger partial charge in [0.05, 0.1) is 16.8 Å². The van der Waals surface area contributed by atoms with Crippen LogP contribution in [-0.4, -0.2) is 55.6 Å². The molecule has 9 heteroatoms. The second-order valence-corrected chi connectivity index (χ2v) is 9.77. The number of benzene rings is 2. The third-order valence-corrected chi connectivity index (χ3v) is 7.16. The number of carbonyl (C=O) groups is 2. The van der Waals surface area contributed by atoms with Crippen molar-refractivity contribution in [2.45, 2.75) is 42.7 Å². The van der Waals surface area contributed by atoms with Gasteiger partial charge in [0.25, 0.3) is 10.1 Å². The lowest BCUT2D eigenvalue weighted by Crippen LogP contribution is -2.36. The maximum absolute atomic E-state index is 13.3. The molecule has 0 atom stereocenters. The number of ketones is 2. The molecule has 0 aromatic heterocycles. The molecule has 0 spiro atoms. The maximum atomic E-state index is 13.3. The molecule has 4 rings (SSSR count). The zero-order chi connectivity index (χ0) is 22.5. The molecule has 0 unspecified atom stereocenters. The summed E-state index contributed by atoms with van der Waals surface area (Å²) >= 11 is 0. The zero-order valence-corrected chi connectivity index (χ0v) is 18.2. The Morgan fingerprint density at radius 3 is 2.06 bits per heavy atom. The first-order chi connectivity index (χ1) is 14.6. The number of carbonyl (C=O) groups excluding carboxylic acids is 2. The number of hydrogen-bond donors (Lipinski definition) is 3. The van der Waals surface area contributed by atoms with Crippen LogP contribution in [0.1, 0.15) is 57.5 Å². The number of anilines is 2. The van der Waals surface area contributed by atoms with Crippen LogP contribution in [0.2, 0.25) is 0 Å². The third-order valence-electron chi connectivity index (χ3n) is 6.26. The lowest BCUT2D eigenvalue weighted by Gasteiger charge is -2.34. The monoisotopic (exact) mass is 443 g/mol. The number of nitrogens with zero attached hydrogens (tertiary/aromatic N) is 1. The van der Waals surface area contributed by atoms with E-state index in [9.17, 15) is 22.6 Å². The van der Waals surface area contributed by atoms with Crippen molar-refractivity contribution in [3.8, 4) is 0 Å². The van der Waals surface area contributed by atoms with E-state index in [0.717, 1.165) is 25.7 Å². The molecule has 0 aliphatic heterocycles. The van der Waals surface area contributed by atoms with Crippen molar-refractivity contribution in [2.75, 3.05) is 25.1 Å². The first kappa shape index (κ1) is 21.5. The molecule has 2 aliphatic rings. The molecule has 0 bridgehead atoms. The van der Waals surface area contributed by atoms with E-state index >= 15 is 0 Å². The van der Waals surface area contributed by atoms with Gasteiger partial charge in [0.15, 0.2) is 11.6 Å². The molecule has 0 saturated heterocycles. The molecule has 0 heterocycles. The average molecular weight is 444 g/mol. The van der Waals surface area contributed by atoms with Crippen molar-refractivity contribution >= 4 is 33.1 Å². The Bertz CT molecular complexity index is 1180. The normalized spacial score (nSPS) is 21.0. The summed E-state index contributed by atoms with van der Waals surface area (Å²) in [6.45, 7) is 0. The number of hydrogen-bond acceptors (Lipinski definition) is 7. The van der Waals surface area contributed by atoms with E-state index in [1.807, 2.05) is 14.1 Å². The standard InChI is InChI=1S/C22H25N3O5S/c1-25(2)13-9-7-12(8-10-13)24-16-11-17(31(28,29)30)20(23)19-18(16)21(26)14-5-3-4-6-15(14)22(19)27/h3-6,11-13,24H,7-10,23H2,1-2H3,(H,28,29,30). The van der Waals surface area contributed by atoms with E-state index in [2.05, 4.69) is 10.2 Å². The fourth-order valence-corrected chi connectivity index (χ4v) is 5.22. The Kier molecular flexibility index (Phi) is 5.36. The second-order valence-electron chi connectivity index (χ2n) is 8.38. The second kappa shape index (κ2) is 7.74. The highest BCUT2D eigenvalue weighted by Gasteiger charge is 2.37. The van der Waals surface area contributed by atoms with Crippen LogP contribution in [0.25, 0.3) is 0 Å². The van der Waals surface area contributed by atoms with Crippen LogP contribution in [0.4, 0.5) is 11.4 Å². The first-order valence-corrected chi connectivity index (χ1v) is 11.6. The summed E-state index contributed by atoms with van der Waals surface area (Å²) in [5.41, 5.74) is 6.10. The summed E-state index contributed by atoms with van der Waals surface area (Å²) in [5.74, 6) is -0.934. The van der Waals surface area contributed by atoms with Crippen molar-refractivity contribution in [3.63, 3.8) is 0 Å². The van der Waals surface area contributed by atoms with Gasteiger partial charge in [0.1, 0.15) is 4.90 Å². The van der Waals surface area contributed by atoms with E-state index in [1.165, 1.54) is 12.1 Å². The van der Waals surface area contributed by atoms with Crippen molar-refractivity contribution in [1.29, 1.82) is 0 Å². The van der Waals surface area contributed by atoms with E-state index in [1.54, 1.807) is 18.2 Å². The number of nitrogen functional groups attached to an aromatic ring is 1. The molecule has 1 saturated carbocycles. The van der Waals surface area contributed by atoms with Gasteiger partial charge < -0.3 is 16.0 Å². The lowest BCUT2D eigenvalue weighted by atomic mass is 9.82. The van der Waals surface area contributed by atoms with Crippen LogP contribution in [0.15, 0.2) is 35.2 Å². The van der Waals surface area contributed by atoms with Gasteiger partial charge in [0.2, 0.25) is 0 Å². The number of nitrogens with two attached hydrogens (primary N) is 1. The van der Waals surface area contributed by atoms with Crippen molar-refractivity contribution in [3.05, 3.63) is 52.6 Å². The summed E-state index contributed by atoms with van der Waals surface area (Å²) in [5, 5.41) is 3.27. The van der Waals surface area contributed by atoms with Crippen LogP contribution < -0.4 is 11.1 Å². The lowest BCUT2D eigenvalue weighted by molar-refractivity contribution is 0.0980. The summed E-state index contributed by atoms with van der Waals surface area (Å²) in [6, 6.07) is 7.99. The molecular weight excluding hydrogens is 418 g/mol. The molecule has 4 N–H and O–H groups in total. The fraction of sp³-hybridized carbons (Fsp3) is 0.364. The quantitative estimate of drug-likeness (QED) is 0.414. The highest BCUT2D eigenvalue weighted by atomic mass is 32.2. The number of nitrogens with one attached hydrogen (secondary N) is 1. The Labute approximate surface area is 181 Å².